The summed E-state index contributed by atoms with van der Waals surface area (Å²) in [4.78, 5) is 33.1. The smallest absolute Gasteiger partial charge is 0.406 e. The molecule has 206 valence electrons. The summed E-state index contributed by atoms with van der Waals surface area (Å²) in [6.07, 6.45) is -0.729. The Morgan fingerprint density at radius 1 is 1.03 bits per heavy atom. The zero-order valence-corrected chi connectivity index (χ0v) is 23.3. The second kappa shape index (κ2) is 13.8. The van der Waals surface area contributed by atoms with Gasteiger partial charge in [0.25, 0.3) is 5.91 Å². The van der Waals surface area contributed by atoms with Crippen LogP contribution in [0.1, 0.15) is 51.5 Å². The maximum atomic E-state index is 13.4. The SMILES string of the molecule is CC(C)C[C@H](NC(=O)[C@@H](NC(=O)c1cccc(-c2ccccc2)n1)[C@@H](C)O)B1OC(C)CN(C)CC(C)O1. The van der Waals surface area contributed by atoms with Gasteiger partial charge in [-0.3, -0.25) is 9.59 Å². The molecular weight excluding hydrogens is 483 g/mol. The van der Waals surface area contributed by atoms with Gasteiger partial charge in [-0.05, 0) is 52.3 Å². The molecule has 9 nitrogen and oxygen atoms in total. The summed E-state index contributed by atoms with van der Waals surface area (Å²) in [6.45, 7) is 11.0. The van der Waals surface area contributed by atoms with Crippen molar-refractivity contribution in [3.63, 3.8) is 0 Å². The van der Waals surface area contributed by atoms with E-state index in [-0.39, 0.29) is 23.8 Å². The van der Waals surface area contributed by atoms with Crippen LogP contribution >= 0.6 is 0 Å². The second-order valence-electron chi connectivity index (χ2n) is 10.7. The minimum Gasteiger partial charge on any atom is -0.406 e. The standard InChI is InChI=1S/C28H41BN4O5/c1-18(2)15-25(29-37-19(3)16-33(6)17-20(4)38-29)31-28(36)26(21(5)34)32-27(35)24-14-10-13-23(30-24)22-11-8-7-9-12-22/h7-14,18-21,25-26,34H,15-17H2,1-6H3,(H,31,36)(H,32,35)/t19?,20?,21-,25+,26+/m1/s1. The number of nitrogens with one attached hydrogen (secondary N) is 2. The fraction of sp³-hybridized carbons (Fsp3) is 0.536. The summed E-state index contributed by atoms with van der Waals surface area (Å²) >= 11 is 0. The Morgan fingerprint density at radius 2 is 1.66 bits per heavy atom. The first kappa shape index (κ1) is 29.8. The molecule has 1 aromatic heterocycles. The Labute approximate surface area is 226 Å². The number of amides is 2. The van der Waals surface area contributed by atoms with E-state index >= 15 is 0 Å². The number of pyridine rings is 1. The first-order chi connectivity index (χ1) is 18.0. The van der Waals surface area contributed by atoms with Gasteiger partial charge in [0.15, 0.2) is 0 Å². The average molecular weight is 524 g/mol. The van der Waals surface area contributed by atoms with Crippen LogP contribution in [-0.2, 0) is 14.1 Å². The number of benzene rings is 1. The van der Waals surface area contributed by atoms with Crippen LogP contribution in [0.4, 0.5) is 0 Å². The molecule has 3 rings (SSSR count). The molecule has 1 fully saturated rings. The predicted octanol–water partition coefficient (Wildman–Crippen LogP) is 2.54. The van der Waals surface area contributed by atoms with Gasteiger partial charge < -0.3 is 29.9 Å². The van der Waals surface area contributed by atoms with Gasteiger partial charge in [0.2, 0.25) is 5.91 Å². The number of aliphatic hydroxyl groups excluding tert-OH is 1. The zero-order valence-electron chi connectivity index (χ0n) is 23.3. The molecule has 1 aliphatic heterocycles. The summed E-state index contributed by atoms with van der Waals surface area (Å²) in [6, 6.07) is 13.5. The number of rotatable bonds is 9. The Balaban J connectivity index is 1.75. The van der Waals surface area contributed by atoms with Gasteiger partial charge in [0, 0.05) is 18.7 Å². The van der Waals surface area contributed by atoms with E-state index in [2.05, 4.69) is 34.4 Å². The molecule has 5 atom stereocenters. The quantitative estimate of drug-likeness (QED) is 0.432. The van der Waals surface area contributed by atoms with Gasteiger partial charge in [-0.1, -0.05) is 50.2 Å². The van der Waals surface area contributed by atoms with Crippen molar-refractivity contribution in [2.75, 3.05) is 20.1 Å². The molecule has 38 heavy (non-hydrogen) atoms. The fourth-order valence-electron chi connectivity index (χ4n) is 4.69. The minimum absolute atomic E-state index is 0.0979. The number of carbonyl (C=O) groups excluding carboxylic acids is 2. The van der Waals surface area contributed by atoms with E-state index in [4.69, 9.17) is 9.31 Å². The lowest BCUT2D eigenvalue weighted by atomic mass is 9.72. The highest BCUT2D eigenvalue weighted by Gasteiger charge is 2.39. The maximum absolute atomic E-state index is 13.4. The Bertz CT molecular complexity index is 1040. The van der Waals surface area contributed by atoms with Gasteiger partial charge in [-0.25, -0.2) is 4.98 Å². The van der Waals surface area contributed by atoms with E-state index in [1.54, 1.807) is 12.1 Å². The van der Waals surface area contributed by atoms with Gasteiger partial charge >= 0.3 is 7.12 Å². The first-order valence-electron chi connectivity index (χ1n) is 13.3. The molecule has 3 N–H and O–H groups in total. The molecule has 2 aromatic rings. The van der Waals surface area contributed by atoms with E-state index in [1.807, 2.05) is 57.3 Å². The number of hydrogen-bond acceptors (Lipinski definition) is 7. The van der Waals surface area contributed by atoms with Crippen LogP contribution in [0, 0.1) is 5.92 Å². The van der Waals surface area contributed by atoms with E-state index < -0.39 is 37.0 Å². The van der Waals surface area contributed by atoms with E-state index in [0.29, 0.717) is 12.1 Å². The van der Waals surface area contributed by atoms with E-state index in [0.717, 1.165) is 18.7 Å². The highest BCUT2D eigenvalue weighted by Crippen LogP contribution is 2.18. The maximum Gasteiger partial charge on any atom is 0.481 e. The van der Waals surface area contributed by atoms with Crippen molar-refractivity contribution in [2.24, 2.45) is 5.92 Å². The largest absolute Gasteiger partial charge is 0.481 e. The normalized spacial score (nSPS) is 21.2. The number of aliphatic hydroxyl groups is 1. The molecule has 0 aliphatic carbocycles. The lowest BCUT2D eigenvalue weighted by molar-refractivity contribution is -0.126. The van der Waals surface area contributed by atoms with Gasteiger partial charge in [0.1, 0.15) is 11.7 Å². The number of carbonyl (C=O) groups is 2. The number of hydrogen-bond donors (Lipinski definition) is 3. The Hall–Kier alpha value is -2.79. The van der Waals surface area contributed by atoms with Crippen molar-refractivity contribution in [1.29, 1.82) is 0 Å². The second-order valence-corrected chi connectivity index (χ2v) is 10.7. The number of aromatic nitrogens is 1. The molecule has 0 spiro atoms. The highest BCUT2D eigenvalue weighted by molar-refractivity contribution is 6.47. The Morgan fingerprint density at radius 3 is 2.24 bits per heavy atom. The van der Waals surface area contributed by atoms with Crippen molar-refractivity contribution in [1.82, 2.24) is 20.5 Å². The third-order valence-corrected chi connectivity index (χ3v) is 6.35. The van der Waals surface area contributed by atoms with E-state index in [9.17, 15) is 14.7 Å². The molecule has 10 heteroatoms. The van der Waals surface area contributed by atoms with Crippen LogP contribution in [0.2, 0.25) is 0 Å². The van der Waals surface area contributed by atoms with Gasteiger partial charge in [-0.2, -0.15) is 0 Å². The topological polar surface area (TPSA) is 113 Å². The lowest BCUT2D eigenvalue weighted by Gasteiger charge is -2.36. The molecule has 2 unspecified atom stereocenters. The summed E-state index contributed by atoms with van der Waals surface area (Å²) in [5.41, 5.74) is 1.67. The molecule has 0 radical (unpaired) electrons. The van der Waals surface area contributed by atoms with Crippen molar-refractivity contribution in [2.45, 2.75) is 71.3 Å². The van der Waals surface area contributed by atoms with Gasteiger partial charge in [0.05, 0.1) is 29.9 Å². The number of likely N-dealkylation sites (N-methyl/N-ethyl adjacent to an activating group) is 1. The molecule has 2 amide bonds. The predicted molar refractivity (Wildman–Crippen MR) is 148 cm³/mol. The van der Waals surface area contributed by atoms with Crippen molar-refractivity contribution in [3.8, 4) is 11.3 Å². The van der Waals surface area contributed by atoms with Crippen molar-refractivity contribution < 1.29 is 24.0 Å². The van der Waals surface area contributed by atoms with Crippen molar-refractivity contribution in [3.05, 3.63) is 54.2 Å². The third-order valence-electron chi connectivity index (χ3n) is 6.35. The molecule has 1 saturated heterocycles. The van der Waals surface area contributed by atoms with Crippen LogP contribution in [0.25, 0.3) is 11.3 Å². The molecular formula is C28H41BN4O5. The monoisotopic (exact) mass is 524 g/mol. The third kappa shape index (κ3) is 8.63. The highest BCUT2D eigenvalue weighted by atomic mass is 16.6. The average Bonchev–Trinajstić information content (AvgIpc) is 2.85. The molecule has 2 heterocycles. The van der Waals surface area contributed by atoms with E-state index in [1.165, 1.54) is 6.92 Å². The zero-order chi connectivity index (χ0) is 27.8. The Kier molecular flexibility index (Phi) is 10.8. The molecule has 1 aliphatic rings. The molecule has 1 aromatic carbocycles. The number of nitrogens with zero attached hydrogens (tertiary/aromatic N) is 2. The lowest BCUT2D eigenvalue weighted by Crippen LogP contribution is -2.60. The first-order valence-corrected chi connectivity index (χ1v) is 13.3. The summed E-state index contributed by atoms with van der Waals surface area (Å²) < 4.78 is 12.4. The summed E-state index contributed by atoms with van der Waals surface area (Å²) in [7, 11) is 1.36. The minimum atomic E-state index is -1.19. The summed E-state index contributed by atoms with van der Waals surface area (Å²) in [5, 5.41) is 16.1. The van der Waals surface area contributed by atoms with Crippen molar-refractivity contribution >= 4 is 18.9 Å². The fourth-order valence-corrected chi connectivity index (χ4v) is 4.69. The summed E-state index contributed by atoms with van der Waals surface area (Å²) in [5.74, 6) is -1.28. The van der Waals surface area contributed by atoms with Crippen LogP contribution < -0.4 is 10.6 Å². The molecule has 0 saturated carbocycles. The van der Waals surface area contributed by atoms with Crippen LogP contribution in [-0.4, -0.2) is 84.4 Å². The molecule has 0 bridgehead atoms. The van der Waals surface area contributed by atoms with Crippen LogP contribution in [0.15, 0.2) is 48.5 Å². The van der Waals surface area contributed by atoms with Crippen LogP contribution in [0.3, 0.4) is 0 Å². The van der Waals surface area contributed by atoms with Gasteiger partial charge in [-0.15, -0.1) is 0 Å². The van der Waals surface area contributed by atoms with Crippen LogP contribution in [0.5, 0.6) is 0 Å².